The van der Waals surface area contributed by atoms with E-state index in [0.29, 0.717) is 30.3 Å². The molecule has 0 saturated carbocycles. The summed E-state index contributed by atoms with van der Waals surface area (Å²) in [6, 6.07) is 13.1. The summed E-state index contributed by atoms with van der Waals surface area (Å²) in [7, 11) is 0. The van der Waals surface area contributed by atoms with Crippen LogP contribution in [0.3, 0.4) is 0 Å². The first kappa shape index (κ1) is 18.8. The number of nitrogens with zero attached hydrogens (tertiary/aromatic N) is 3. The van der Waals surface area contributed by atoms with Gasteiger partial charge in [0, 0.05) is 12.2 Å². The Bertz CT molecular complexity index is 875. The van der Waals surface area contributed by atoms with Gasteiger partial charge in [-0.3, -0.25) is 0 Å². The quantitative estimate of drug-likeness (QED) is 0.614. The van der Waals surface area contributed by atoms with Crippen molar-refractivity contribution in [3.63, 3.8) is 0 Å². The monoisotopic (exact) mass is 365 g/mol. The zero-order valence-electron chi connectivity index (χ0n) is 15.7. The van der Waals surface area contributed by atoms with Gasteiger partial charge >= 0.3 is 0 Å². The maximum Gasteiger partial charge on any atom is 0.244 e. The van der Waals surface area contributed by atoms with Crippen LogP contribution in [0.25, 0.3) is 0 Å². The Morgan fingerprint density at radius 1 is 0.926 bits per heavy atom. The smallest absolute Gasteiger partial charge is 0.244 e. The van der Waals surface area contributed by atoms with Gasteiger partial charge in [0.05, 0.1) is 6.20 Å². The van der Waals surface area contributed by atoms with Crippen molar-refractivity contribution in [1.82, 2.24) is 15.2 Å². The lowest BCUT2D eigenvalue weighted by atomic mass is 10.0. The predicted molar refractivity (Wildman–Crippen MR) is 107 cm³/mol. The van der Waals surface area contributed by atoms with Gasteiger partial charge in [0.2, 0.25) is 5.95 Å². The second-order valence-electron chi connectivity index (χ2n) is 6.22. The molecule has 2 N–H and O–H groups in total. The summed E-state index contributed by atoms with van der Waals surface area (Å²) >= 11 is 0. The number of aromatic nitrogens is 3. The van der Waals surface area contributed by atoms with E-state index in [1.165, 1.54) is 17.2 Å². The topological polar surface area (TPSA) is 62.7 Å². The number of anilines is 3. The Morgan fingerprint density at radius 3 is 2.33 bits per heavy atom. The number of aryl methyl sites for hydroxylation is 2. The van der Waals surface area contributed by atoms with Gasteiger partial charge < -0.3 is 10.6 Å². The van der Waals surface area contributed by atoms with Crippen LogP contribution in [0.5, 0.6) is 0 Å². The minimum atomic E-state index is -0.197. The molecular formula is C21H24FN5. The van der Waals surface area contributed by atoms with Crippen molar-refractivity contribution in [2.45, 2.75) is 33.1 Å². The van der Waals surface area contributed by atoms with E-state index in [2.05, 4.69) is 57.9 Å². The zero-order valence-corrected chi connectivity index (χ0v) is 15.7. The molecule has 5 nitrogen and oxygen atoms in total. The van der Waals surface area contributed by atoms with Gasteiger partial charge in [-0.05, 0) is 42.0 Å². The SMILES string of the molecule is CCc1cccc(CC)c1Nc1cnnc(NCCc2ccccc2F)n1. The number of hydrogen-bond donors (Lipinski definition) is 2. The highest BCUT2D eigenvalue weighted by atomic mass is 19.1. The molecule has 0 aliphatic carbocycles. The average Bonchev–Trinajstić information content (AvgIpc) is 2.70. The minimum absolute atomic E-state index is 0.197. The zero-order chi connectivity index (χ0) is 19.1. The van der Waals surface area contributed by atoms with Crippen LogP contribution in [0.4, 0.5) is 21.8 Å². The van der Waals surface area contributed by atoms with Crippen LogP contribution in [0.15, 0.2) is 48.7 Å². The van der Waals surface area contributed by atoms with Gasteiger partial charge in [-0.15, -0.1) is 5.10 Å². The fraction of sp³-hybridized carbons (Fsp3) is 0.286. The molecule has 0 spiro atoms. The summed E-state index contributed by atoms with van der Waals surface area (Å²) < 4.78 is 13.7. The van der Waals surface area contributed by atoms with Crippen LogP contribution in [0.2, 0.25) is 0 Å². The fourth-order valence-corrected chi connectivity index (χ4v) is 2.98. The van der Waals surface area contributed by atoms with Crippen molar-refractivity contribution in [2.75, 3.05) is 17.2 Å². The molecule has 0 saturated heterocycles. The van der Waals surface area contributed by atoms with Crippen LogP contribution in [0.1, 0.15) is 30.5 Å². The molecule has 0 atom stereocenters. The van der Waals surface area contributed by atoms with Gasteiger partial charge in [-0.25, -0.2) is 4.39 Å². The molecule has 0 aliphatic rings. The Kier molecular flexibility index (Phi) is 6.30. The molecule has 1 aromatic heterocycles. The van der Waals surface area contributed by atoms with E-state index >= 15 is 0 Å². The number of halogens is 1. The lowest BCUT2D eigenvalue weighted by Crippen LogP contribution is -2.11. The van der Waals surface area contributed by atoms with Gasteiger partial charge in [-0.2, -0.15) is 10.1 Å². The standard InChI is InChI=1S/C21H24FN5/c1-3-15-9-7-10-16(4-2)20(15)25-19-14-24-27-21(26-19)23-13-12-17-8-5-6-11-18(17)22/h5-11,14H,3-4,12-13H2,1-2H3,(H2,23,25,26,27). The normalized spacial score (nSPS) is 10.6. The summed E-state index contributed by atoms with van der Waals surface area (Å²) in [4.78, 5) is 4.48. The Morgan fingerprint density at radius 2 is 1.63 bits per heavy atom. The van der Waals surface area contributed by atoms with Crippen molar-refractivity contribution >= 4 is 17.5 Å². The number of benzene rings is 2. The maximum absolute atomic E-state index is 13.7. The predicted octanol–water partition coefficient (Wildman–Crippen LogP) is 4.53. The van der Waals surface area contributed by atoms with Gasteiger partial charge in [0.1, 0.15) is 5.82 Å². The molecule has 0 radical (unpaired) electrons. The second kappa shape index (κ2) is 9.07. The summed E-state index contributed by atoms with van der Waals surface area (Å²) in [6.45, 7) is 4.79. The largest absolute Gasteiger partial charge is 0.353 e. The van der Waals surface area contributed by atoms with Gasteiger partial charge in [0.25, 0.3) is 0 Å². The molecule has 0 amide bonds. The summed E-state index contributed by atoms with van der Waals surface area (Å²) in [5.41, 5.74) is 4.22. The molecule has 2 aromatic carbocycles. The lowest BCUT2D eigenvalue weighted by Gasteiger charge is -2.15. The van der Waals surface area contributed by atoms with Crippen LogP contribution in [0, 0.1) is 5.82 Å². The molecule has 1 heterocycles. The fourth-order valence-electron chi connectivity index (χ4n) is 2.98. The molecule has 0 aliphatic heterocycles. The van der Waals surface area contributed by atoms with E-state index in [1.807, 2.05) is 6.07 Å². The van der Waals surface area contributed by atoms with Crippen molar-refractivity contribution in [3.05, 3.63) is 71.2 Å². The third-order valence-electron chi connectivity index (χ3n) is 4.45. The highest BCUT2D eigenvalue weighted by Crippen LogP contribution is 2.25. The van der Waals surface area contributed by atoms with Crippen molar-refractivity contribution in [2.24, 2.45) is 0 Å². The molecule has 140 valence electrons. The van der Waals surface area contributed by atoms with E-state index in [-0.39, 0.29) is 5.82 Å². The number of para-hydroxylation sites is 1. The first-order valence-corrected chi connectivity index (χ1v) is 9.26. The first-order chi connectivity index (χ1) is 13.2. The van der Waals surface area contributed by atoms with Crippen LogP contribution in [-0.4, -0.2) is 21.7 Å². The van der Waals surface area contributed by atoms with E-state index in [1.54, 1.807) is 18.3 Å². The van der Waals surface area contributed by atoms with Crippen LogP contribution < -0.4 is 10.6 Å². The molecular weight excluding hydrogens is 341 g/mol. The first-order valence-electron chi connectivity index (χ1n) is 9.26. The maximum atomic E-state index is 13.7. The van der Waals surface area contributed by atoms with E-state index in [0.717, 1.165) is 18.5 Å². The third-order valence-corrected chi connectivity index (χ3v) is 4.45. The summed E-state index contributed by atoms with van der Waals surface area (Å²) in [5.74, 6) is 0.856. The molecule has 3 rings (SSSR count). The van der Waals surface area contributed by atoms with Crippen LogP contribution >= 0.6 is 0 Å². The van der Waals surface area contributed by atoms with Crippen molar-refractivity contribution in [3.8, 4) is 0 Å². The van der Waals surface area contributed by atoms with Crippen LogP contribution in [-0.2, 0) is 19.3 Å². The Hall–Kier alpha value is -3.02. The minimum Gasteiger partial charge on any atom is -0.353 e. The highest BCUT2D eigenvalue weighted by Gasteiger charge is 2.09. The van der Waals surface area contributed by atoms with E-state index < -0.39 is 0 Å². The third kappa shape index (κ3) is 4.78. The van der Waals surface area contributed by atoms with Crippen molar-refractivity contribution < 1.29 is 4.39 Å². The molecule has 0 fully saturated rings. The number of nitrogens with one attached hydrogen (secondary N) is 2. The van der Waals surface area contributed by atoms with E-state index in [4.69, 9.17) is 0 Å². The number of rotatable bonds is 8. The lowest BCUT2D eigenvalue weighted by molar-refractivity contribution is 0.610. The van der Waals surface area contributed by atoms with E-state index in [9.17, 15) is 4.39 Å². The van der Waals surface area contributed by atoms with Gasteiger partial charge in [-0.1, -0.05) is 50.2 Å². The summed E-state index contributed by atoms with van der Waals surface area (Å²) in [5, 5.41) is 14.5. The molecule has 0 bridgehead atoms. The molecule has 27 heavy (non-hydrogen) atoms. The Labute approximate surface area is 159 Å². The summed E-state index contributed by atoms with van der Waals surface area (Å²) in [6.07, 6.45) is 4.02. The number of hydrogen-bond acceptors (Lipinski definition) is 5. The second-order valence-corrected chi connectivity index (χ2v) is 6.22. The molecule has 0 unspecified atom stereocenters. The van der Waals surface area contributed by atoms with Gasteiger partial charge in [0.15, 0.2) is 5.82 Å². The highest BCUT2D eigenvalue weighted by molar-refractivity contribution is 5.65. The average molecular weight is 365 g/mol. The van der Waals surface area contributed by atoms with Crippen molar-refractivity contribution in [1.29, 1.82) is 0 Å². The molecule has 6 heteroatoms. The Balaban J connectivity index is 1.68. The molecule has 3 aromatic rings.